The van der Waals surface area contributed by atoms with Gasteiger partial charge >= 0.3 is 12.1 Å². The van der Waals surface area contributed by atoms with E-state index in [4.69, 9.17) is 4.74 Å². The number of nitrogens with one attached hydrogen (secondary N) is 1. The zero-order chi connectivity index (χ0) is 24.5. The van der Waals surface area contributed by atoms with Gasteiger partial charge in [-0.1, -0.05) is 48.5 Å². The van der Waals surface area contributed by atoms with E-state index < -0.39 is 23.5 Å². The van der Waals surface area contributed by atoms with Crippen LogP contribution in [0.5, 0.6) is 0 Å². The number of benzene rings is 2. The predicted octanol–water partition coefficient (Wildman–Crippen LogP) is 4.41. The molecule has 7 heteroatoms. The molecule has 1 aliphatic heterocycles. The van der Waals surface area contributed by atoms with Crippen molar-refractivity contribution in [3.05, 3.63) is 59.7 Å². The largest absolute Gasteiger partial charge is 0.481 e. The van der Waals surface area contributed by atoms with Crippen LogP contribution in [0.15, 0.2) is 48.5 Å². The number of nitrogens with zero attached hydrogens (tertiary/aromatic N) is 1. The van der Waals surface area contributed by atoms with Crippen molar-refractivity contribution in [3.63, 3.8) is 0 Å². The van der Waals surface area contributed by atoms with E-state index in [0.29, 0.717) is 19.4 Å². The molecule has 4 rings (SSSR count). The topological polar surface area (TPSA) is 95.9 Å². The van der Waals surface area contributed by atoms with Gasteiger partial charge in [-0.3, -0.25) is 9.59 Å². The van der Waals surface area contributed by atoms with Gasteiger partial charge in [0.1, 0.15) is 6.61 Å². The number of rotatable bonds is 6. The number of hydrogen-bond acceptors (Lipinski definition) is 4. The van der Waals surface area contributed by atoms with E-state index >= 15 is 0 Å². The first kappa shape index (κ1) is 23.8. The van der Waals surface area contributed by atoms with Gasteiger partial charge < -0.3 is 20.1 Å². The zero-order valence-corrected chi connectivity index (χ0v) is 19.9. The number of aliphatic carboxylic acids is 1. The van der Waals surface area contributed by atoms with E-state index in [1.807, 2.05) is 31.2 Å². The number of carbonyl (C=O) groups excluding carboxylic acids is 2. The Morgan fingerprint density at radius 3 is 2.21 bits per heavy atom. The quantitative estimate of drug-likeness (QED) is 0.660. The monoisotopic (exact) mass is 464 g/mol. The summed E-state index contributed by atoms with van der Waals surface area (Å²) < 4.78 is 5.62. The van der Waals surface area contributed by atoms with Crippen molar-refractivity contribution in [2.45, 2.75) is 57.5 Å². The summed E-state index contributed by atoms with van der Waals surface area (Å²) >= 11 is 0. The predicted molar refractivity (Wildman–Crippen MR) is 128 cm³/mol. The van der Waals surface area contributed by atoms with E-state index in [1.165, 1.54) is 11.1 Å². The molecule has 7 nitrogen and oxygen atoms in total. The average molecular weight is 465 g/mol. The molecule has 0 aromatic heterocycles. The highest BCUT2D eigenvalue weighted by Gasteiger charge is 2.35. The van der Waals surface area contributed by atoms with E-state index in [0.717, 1.165) is 11.1 Å². The maximum atomic E-state index is 12.9. The number of carboxylic acids is 1. The fourth-order valence-corrected chi connectivity index (χ4v) is 5.20. The molecular formula is C27H32N2O5. The standard InChI is InChI=1S/C27H32N2O5/c1-17-14-18(25(31)32)12-13-29(17)24(30)15-27(2,3)28-26(33)34-16-23-21-10-6-4-8-19(21)20-9-5-7-11-22(20)23/h4-11,17-18,23H,12-16H2,1-3H3,(H,28,33)(H,31,32)/t17-,18-/m0/s1. The lowest BCUT2D eigenvalue weighted by atomic mass is 9.90. The third kappa shape index (κ3) is 4.93. The van der Waals surface area contributed by atoms with Gasteiger partial charge in [0, 0.05) is 30.5 Å². The molecule has 1 saturated heterocycles. The molecule has 0 saturated carbocycles. The Balaban J connectivity index is 1.33. The van der Waals surface area contributed by atoms with Gasteiger partial charge in [0.05, 0.1) is 5.92 Å². The number of fused-ring (bicyclic) bond motifs is 3. The fourth-order valence-electron chi connectivity index (χ4n) is 5.20. The van der Waals surface area contributed by atoms with Crippen LogP contribution < -0.4 is 5.32 Å². The van der Waals surface area contributed by atoms with Gasteiger partial charge in [0.25, 0.3) is 0 Å². The second-order valence-electron chi connectivity index (χ2n) is 10.0. The lowest BCUT2D eigenvalue weighted by Crippen LogP contribution is -2.51. The van der Waals surface area contributed by atoms with Gasteiger partial charge in [0.2, 0.25) is 5.91 Å². The normalized spacial score (nSPS) is 19.8. The van der Waals surface area contributed by atoms with E-state index in [9.17, 15) is 19.5 Å². The molecule has 1 fully saturated rings. The number of likely N-dealkylation sites (tertiary alicyclic amines) is 1. The van der Waals surface area contributed by atoms with Crippen molar-refractivity contribution in [1.82, 2.24) is 10.2 Å². The lowest BCUT2D eigenvalue weighted by molar-refractivity contribution is -0.147. The van der Waals surface area contributed by atoms with Crippen LogP contribution in [0.2, 0.25) is 0 Å². The third-order valence-corrected chi connectivity index (χ3v) is 6.92. The highest BCUT2D eigenvalue weighted by molar-refractivity contribution is 5.80. The second kappa shape index (κ2) is 9.49. The van der Waals surface area contributed by atoms with Crippen molar-refractivity contribution in [3.8, 4) is 11.1 Å². The molecule has 2 aromatic rings. The highest BCUT2D eigenvalue weighted by atomic mass is 16.5. The van der Waals surface area contributed by atoms with Crippen molar-refractivity contribution < 1.29 is 24.2 Å². The SMILES string of the molecule is C[C@H]1C[C@@H](C(=O)O)CCN1C(=O)CC(C)(C)NC(=O)OCC1c2ccccc2-c2ccccc21. The number of carbonyl (C=O) groups is 3. The molecular weight excluding hydrogens is 432 g/mol. The van der Waals surface area contributed by atoms with Crippen molar-refractivity contribution in [2.24, 2.45) is 5.92 Å². The number of carboxylic acid groups (broad SMARTS) is 1. The summed E-state index contributed by atoms with van der Waals surface area (Å²) in [6.45, 7) is 6.09. The summed E-state index contributed by atoms with van der Waals surface area (Å²) in [6.07, 6.45) is 0.448. The Morgan fingerprint density at radius 1 is 1.06 bits per heavy atom. The van der Waals surface area contributed by atoms with Crippen LogP contribution in [-0.2, 0) is 14.3 Å². The minimum absolute atomic E-state index is 0.0284. The van der Waals surface area contributed by atoms with Crippen molar-refractivity contribution in [2.75, 3.05) is 13.2 Å². The molecule has 0 bridgehead atoms. The summed E-state index contributed by atoms with van der Waals surface area (Å²) in [7, 11) is 0. The first-order valence-electron chi connectivity index (χ1n) is 11.8. The summed E-state index contributed by atoms with van der Waals surface area (Å²) in [4.78, 5) is 38.5. The van der Waals surface area contributed by atoms with Crippen molar-refractivity contribution >= 4 is 18.0 Å². The molecule has 1 heterocycles. The highest BCUT2D eigenvalue weighted by Crippen LogP contribution is 2.44. The minimum atomic E-state index is -0.809. The fraction of sp³-hybridized carbons (Fsp3) is 0.444. The molecule has 180 valence electrons. The van der Waals surface area contributed by atoms with Crippen LogP contribution in [0.3, 0.4) is 0 Å². The first-order valence-corrected chi connectivity index (χ1v) is 11.8. The third-order valence-electron chi connectivity index (χ3n) is 6.92. The van der Waals surface area contributed by atoms with Crippen molar-refractivity contribution in [1.29, 1.82) is 0 Å². The van der Waals surface area contributed by atoms with E-state index in [2.05, 4.69) is 29.6 Å². The second-order valence-corrected chi connectivity index (χ2v) is 10.0. The Kier molecular flexibility index (Phi) is 6.64. The van der Waals surface area contributed by atoms with Crippen LogP contribution in [0.1, 0.15) is 57.1 Å². The van der Waals surface area contributed by atoms with Crippen LogP contribution in [0.25, 0.3) is 11.1 Å². The Morgan fingerprint density at radius 2 is 1.65 bits per heavy atom. The van der Waals surface area contributed by atoms with Gasteiger partial charge in [-0.25, -0.2) is 4.79 Å². The smallest absolute Gasteiger partial charge is 0.407 e. The summed E-state index contributed by atoms with van der Waals surface area (Å²) in [6, 6.07) is 16.2. The average Bonchev–Trinajstić information content (AvgIpc) is 3.10. The van der Waals surface area contributed by atoms with E-state index in [1.54, 1.807) is 18.7 Å². The summed E-state index contributed by atoms with van der Waals surface area (Å²) in [5.41, 5.74) is 3.82. The Hall–Kier alpha value is -3.35. The Labute approximate surface area is 200 Å². The number of piperidine rings is 1. The number of hydrogen-bond donors (Lipinski definition) is 2. The molecule has 34 heavy (non-hydrogen) atoms. The summed E-state index contributed by atoms with van der Waals surface area (Å²) in [5.74, 6) is -1.35. The number of amides is 2. The van der Waals surface area contributed by atoms with Crippen LogP contribution in [0, 0.1) is 5.92 Å². The maximum absolute atomic E-state index is 12.9. The minimum Gasteiger partial charge on any atom is -0.481 e. The Bertz CT molecular complexity index is 1050. The maximum Gasteiger partial charge on any atom is 0.407 e. The molecule has 2 N–H and O–H groups in total. The van der Waals surface area contributed by atoms with Gasteiger partial charge in [-0.2, -0.15) is 0 Å². The van der Waals surface area contributed by atoms with Gasteiger partial charge in [-0.05, 0) is 55.9 Å². The molecule has 0 unspecified atom stereocenters. The number of alkyl carbamates (subject to hydrolysis) is 1. The van der Waals surface area contributed by atoms with E-state index in [-0.39, 0.29) is 30.9 Å². The van der Waals surface area contributed by atoms with Crippen LogP contribution in [0.4, 0.5) is 4.79 Å². The molecule has 2 aliphatic rings. The van der Waals surface area contributed by atoms with Gasteiger partial charge in [-0.15, -0.1) is 0 Å². The first-order chi connectivity index (χ1) is 16.2. The van der Waals surface area contributed by atoms with Crippen LogP contribution in [-0.4, -0.2) is 52.7 Å². The molecule has 1 aliphatic carbocycles. The molecule has 2 amide bonds. The molecule has 0 radical (unpaired) electrons. The van der Waals surface area contributed by atoms with Crippen LogP contribution >= 0.6 is 0 Å². The zero-order valence-electron chi connectivity index (χ0n) is 19.9. The molecule has 0 spiro atoms. The molecule has 2 atom stereocenters. The van der Waals surface area contributed by atoms with Gasteiger partial charge in [0.15, 0.2) is 0 Å². The lowest BCUT2D eigenvalue weighted by Gasteiger charge is -2.38. The molecule has 2 aromatic carbocycles. The number of ether oxygens (including phenoxy) is 1. The summed E-state index contributed by atoms with van der Waals surface area (Å²) in [5, 5.41) is 12.1.